The number of esters is 1. The van der Waals surface area contributed by atoms with Gasteiger partial charge in [0.25, 0.3) is 5.91 Å². The first-order valence-electron chi connectivity index (χ1n) is 10.1. The van der Waals surface area contributed by atoms with Crippen LogP contribution in [0.2, 0.25) is 0 Å². The number of benzene rings is 2. The number of hydrogen-bond donors (Lipinski definition) is 1. The lowest BCUT2D eigenvalue weighted by molar-refractivity contribution is 0.0472. The zero-order chi connectivity index (χ0) is 22.5. The summed E-state index contributed by atoms with van der Waals surface area (Å²) in [5, 5.41) is 7.22. The van der Waals surface area contributed by atoms with E-state index in [4.69, 9.17) is 4.74 Å². The van der Waals surface area contributed by atoms with Crippen molar-refractivity contribution in [2.45, 2.75) is 20.5 Å². The molecule has 0 spiro atoms. The minimum Gasteiger partial charge on any atom is -0.457 e. The first-order chi connectivity index (χ1) is 15.5. The number of para-hydroxylation sites is 1. The van der Waals surface area contributed by atoms with Crippen LogP contribution in [0.4, 0.5) is 5.69 Å². The van der Waals surface area contributed by atoms with Gasteiger partial charge in [-0.15, -0.1) is 0 Å². The highest BCUT2D eigenvalue weighted by Crippen LogP contribution is 2.13. The Morgan fingerprint density at radius 3 is 2.28 bits per heavy atom. The summed E-state index contributed by atoms with van der Waals surface area (Å²) in [6, 6.07) is 21.5. The fraction of sp³-hybridized carbons (Fsp3) is 0.120. The summed E-state index contributed by atoms with van der Waals surface area (Å²) in [6.45, 7) is 3.95. The van der Waals surface area contributed by atoms with Crippen molar-refractivity contribution >= 4 is 17.6 Å². The summed E-state index contributed by atoms with van der Waals surface area (Å²) in [7, 11) is 0. The van der Waals surface area contributed by atoms with E-state index in [0.29, 0.717) is 16.9 Å². The van der Waals surface area contributed by atoms with Crippen LogP contribution in [-0.2, 0) is 11.3 Å². The second-order valence-corrected chi connectivity index (χ2v) is 7.34. The summed E-state index contributed by atoms with van der Waals surface area (Å²) in [5.41, 5.74) is 4.25. The zero-order valence-electron chi connectivity index (χ0n) is 17.8. The molecule has 4 rings (SSSR count). The van der Waals surface area contributed by atoms with Crippen molar-refractivity contribution in [3.8, 4) is 5.82 Å². The first kappa shape index (κ1) is 21.0. The van der Waals surface area contributed by atoms with Crippen LogP contribution in [0.3, 0.4) is 0 Å². The van der Waals surface area contributed by atoms with Gasteiger partial charge >= 0.3 is 5.97 Å². The Hall–Kier alpha value is -4.26. The van der Waals surface area contributed by atoms with Crippen LogP contribution in [0.25, 0.3) is 5.82 Å². The average Bonchev–Trinajstić information content (AvgIpc) is 3.16. The molecule has 0 atom stereocenters. The number of rotatable bonds is 6. The van der Waals surface area contributed by atoms with Crippen molar-refractivity contribution in [2.75, 3.05) is 5.32 Å². The molecule has 0 radical (unpaired) electrons. The molecule has 0 aliphatic rings. The van der Waals surface area contributed by atoms with Crippen molar-refractivity contribution in [3.63, 3.8) is 0 Å². The molecule has 7 heteroatoms. The maximum absolute atomic E-state index is 12.4. The molecular formula is C25H22N4O3. The molecule has 0 saturated carbocycles. The van der Waals surface area contributed by atoms with Crippen LogP contribution in [-0.4, -0.2) is 26.6 Å². The van der Waals surface area contributed by atoms with E-state index in [-0.39, 0.29) is 12.5 Å². The molecule has 2 aromatic heterocycles. The number of nitrogens with one attached hydrogen (secondary N) is 1. The highest BCUT2D eigenvalue weighted by molar-refractivity contribution is 6.04. The third-order valence-corrected chi connectivity index (χ3v) is 4.83. The van der Waals surface area contributed by atoms with Crippen molar-refractivity contribution in [2.24, 2.45) is 0 Å². The molecule has 4 aromatic rings. The smallest absolute Gasteiger partial charge is 0.340 e. The van der Waals surface area contributed by atoms with Crippen LogP contribution in [0.15, 0.2) is 79.0 Å². The van der Waals surface area contributed by atoms with Crippen molar-refractivity contribution in [3.05, 3.63) is 107 Å². The second kappa shape index (κ2) is 9.26. The van der Waals surface area contributed by atoms with E-state index >= 15 is 0 Å². The molecule has 1 amide bonds. The number of carbonyl (C=O) groups excluding carboxylic acids is 2. The topological polar surface area (TPSA) is 86.1 Å². The van der Waals surface area contributed by atoms with E-state index in [1.54, 1.807) is 41.1 Å². The quantitative estimate of drug-likeness (QED) is 0.459. The van der Waals surface area contributed by atoms with Crippen LogP contribution in [0.1, 0.15) is 37.7 Å². The zero-order valence-corrected chi connectivity index (χ0v) is 17.8. The van der Waals surface area contributed by atoms with Gasteiger partial charge in [0.1, 0.15) is 6.61 Å². The molecule has 0 aliphatic carbocycles. The number of pyridine rings is 1. The number of aromatic nitrogens is 3. The standard InChI is InChI=1S/C25H22N4O3/c1-17-14-18(2)29(28-17)23-13-12-21(15-26-23)25(31)32-16-19-8-10-20(11-9-19)24(30)27-22-6-4-3-5-7-22/h3-15H,16H2,1-2H3,(H,27,30). The molecule has 0 bridgehead atoms. The van der Waals surface area contributed by atoms with E-state index in [1.807, 2.05) is 50.2 Å². The van der Waals surface area contributed by atoms with Gasteiger partial charge in [0.2, 0.25) is 0 Å². The second-order valence-electron chi connectivity index (χ2n) is 7.34. The van der Waals surface area contributed by atoms with Crippen LogP contribution < -0.4 is 5.32 Å². The van der Waals surface area contributed by atoms with Crippen LogP contribution in [0.5, 0.6) is 0 Å². The summed E-state index contributed by atoms with van der Waals surface area (Å²) in [4.78, 5) is 29.0. The number of ether oxygens (including phenoxy) is 1. The third-order valence-electron chi connectivity index (χ3n) is 4.83. The Morgan fingerprint density at radius 2 is 1.66 bits per heavy atom. The van der Waals surface area contributed by atoms with Gasteiger partial charge in [0, 0.05) is 23.1 Å². The van der Waals surface area contributed by atoms with Gasteiger partial charge in [-0.2, -0.15) is 5.10 Å². The van der Waals surface area contributed by atoms with Crippen LogP contribution >= 0.6 is 0 Å². The highest BCUT2D eigenvalue weighted by atomic mass is 16.5. The average molecular weight is 426 g/mol. The minimum atomic E-state index is -0.469. The molecule has 0 unspecified atom stereocenters. The lowest BCUT2D eigenvalue weighted by Crippen LogP contribution is -2.12. The maximum Gasteiger partial charge on any atom is 0.340 e. The van der Waals surface area contributed by atoms with E-state index in [1.165, 1.54) is 6.20 Å². The summed E-state index contributed by atoms with van der Waals surface area (Å²) >= 11 is 0. The van der Waals surface area contributed by atoms with Gasteiger partial charge in [-0.25, -0.2) is 14.5 Å². The largest absolute Gasteiger partial charge is 0.457 e. The van der Waals surface area contributed by atoms with E-state index in [0.717, 1.165) is 22.6 Å². The Morgan fingerprint density at radius 1 is 0.938 bits per heavy atom. The third kappa shape index (κ3) is 4.89. The SMILES string of the molecule is Cc1cc(C)n(-c2ccc(C(=O)OCc3ccc(C(=O)Nc4ccccc4)cc3)cn2)n1. The Balaban J connectivity index is 1.33. The van der Waals surface area contributed by atoms with Gasteiger partial charge in [-0.1, -0.05) is 30.3 Å². The van der Waals surface area contributed by atoms with Crippen molar-refractivity contribution in [1.29, 1.82) is 0 Å². The predicted octanol–water partition coefficient (Wildman–Crippen LogP) is 4.49. The molecule has 0 aliphatic heterocycles. The lowest BCUT2D eigenvalue weighted by atomic mass is 10.1. The van der Waals surface area contributed by atoms with E-state index in [2.05, 4.69) is 15.4 Å². The van der Waals surface area contributed by atoms with Crippen molar-refractivity contribution in [1.82, 2.24) is 14.8 Å². The molecule has 1 N–H and O–H groups in total. The van der Waals surface area contributed by atoms with Gasteiger partial charge in [-0.3, -0.25) is 4.79 Å². The van der Waals surface area contributed by atoms with E-state index < -0.39 is 5.97 Å². The fourth-order valence-electron chi connectivity index (χ4n) is 3.20. The summed E-state index contributed by atoms with van der Waals surface area (Å²) in [6.07, 6.45) is 1.48. The molecule has 160 valence electrons. The number of hydrogen-bond acceptors (Lipinski definition) is 5. The molecule has 2 heterocycles. The van der Waals surface area contributed by atoms with Crippen molar-refractivity contribution < 1.29 is 14.3 Å². The van der Waals surface area contributed by atoms with Gasteiger partial charge < -0.3 is 10.1 Å². The molecule has 7 nitrogen and oxygen atoms in total. The summed E-state index contributed by atoms with van der Waals surface area (Å²) in [5.74, 6) is -0.0339. The number of aryl methyl sites for hydroxylation is 2. The minimum absolute atomic E-state index is 0.0959. The first-order valence-corrected chi connectivity index (χ1v) is 10.1. The number of carbonyl (C=O) groups is 2. The Labute approximate surface area is 185 Å². The molecule has 0 saturated heterocycles. The maximum atomic E-state index is 12.4. The van der Waals surface area contributed by atoms with Gasteiger partial charge in [-0.05, 0) is 61.9 Å². The monoisotopic (exact) mass is 426 g/mol. The lowest BCUT2D eigenvalue weighted by Gasteiger charge is -2.08. The molecule has 32 heavy (non-hydrogen) atoms. The number of nitrogens with zero attached hydrogens (tertiary/aromatic N) is 3. The summed E-state index contributed by atoms with van der Waals surface area (Å²) < 4.78 is 7.10. The Bertz CT molecular complexity index is 1230. The van der Waals surface area contributed by atoms with Gasteiger partial charge in [0.05, 0.1) is 11.3 Å². The van der Waals surface area contributed by atoms with Gasteiger partial charge in [0.15, 0.2) is 5.82 Å². The molecule has 2 aromatic carbocycles. The normalized spacial score (nSPS) is 10.6. The number of amides is 1. The molecular weight excluding hydrogens is 404 g/mol. The van der Waals surface area contributed by atoms with E-state index in [9.17, 15) is 9.59 Å². The molecule has 0 fully saturated rings. The highest BCUT2D eigenvalue weighted by Gasteiger charge is 2.11. The fourth-order valence-corrected chi connectivity index (χ4v) is 3.20. The van der Waals surface area contributed by atoms with Crippen LogP contribution in [0, 0.1) is 13.8 Å². The Kier molecular flexibility index (Phi) is 6.07. The predicted molar refractivity (Wildman–Crippen MR) is 121 cm³/mol. The number of anilines is 1.